The SMILES string of the molecule is O=C(NC1CCN(CC2CCCC2)CC1)c1ccn(-c2cccc(Cl)c2)n1. The van der Waals surface area contributed by atoms with E-state index in [0.29, 0.717) is 10.7 Å². The molecule has 1 amide bonds. The monoisotopic (exact) mass is 386 g/mol. The van der Waals surface area contributed by atoms with Crippen molar-refractivity contribution in [3.8, 4) is 5.69 Å². The third kappa shape index (κ3) is 4.71. The largest absolute Gasteiger partial charge is 0.348 e. The number of aromatic nitrogens is 2. The van der Waals surface area contributed by atoms with Gasteiger partial charge in [0.05, 0.1) is 5.69 Å². The summed E-state index contributed by atoms with van der Waals surface area (Å²) in [5.41, 5.74) is 1.30. The molecule has 1 N–H and O–H groups in total. The summed E-state index contributed by atoms with van der Waals surface area (Å²) in [5.74, 6) is 0.802. The fourth-order valence-corrected chi connectivity index (χ4v) is 4.47. The van der Waals surface area contributed by atoms with Gasteiger partial charge in [0.1, 0.15) is 0 Å². The van der Waals surface area contributed by atoms with Crippen LogP contribution in [0.3, 0.4) is 0 Å². The molecule has 1 aromatic heterocycles. The molecule has 1 saturated heterocycles. The van der Waals surface area contributed by atoms with Crippen molar-refractivity contribution in [2.24, 2.45) is 5.92 Å². The summed E-state index contributed by atoms with van der Waals surface area (Å²) in [4.78, 5) is 15.1. The summed E-state index contributed by atoms with van der Waals surface area (Å²) in [5, 5.41) is 8.22. The standard InChI is InChI=1S/C21H27ClN4O/c22-17-6-3-7-19(14-17)26-13-10-20(24-26)21(27)23-18-8-11-25(12-9-18)15-16-4-1-2-5-16/h3,6-7,10,13-14,16,18H,1-2,4-5,8-9,11-12,15H2,(H,23,27). The first kappa shape index (κ1) is 18.5. The fourth-order valence-electron chi connectivity index (χ4n) is 4.28. The van der Waals surface area contributed by atoms with E-state index < -0.39 is 0 Å². The molecule has 0 spiro atoms. The van der Waals surface area contributed by atoms with E-state index in [1.54, 1.807) is 16.9 Å². The molecule has 1 aliphatic carbocycles. The molecule has 27 heavy (non-hydrogen) atoms. The number of piperidine rings is 1. The molecule has 0 bridgehead atoms. The van der Waals surface area contributed by atoms with E-state index in [9.17, 15) is 4.79 Å². The third-order valence-corrected chi connectivity index (χ3v) is 6.04. The van der Waals surface area contributed by atoms with E-state index in [1.807, 2.05) is 24.3 Å². The van der Waals surface area contributed by atoms with Crippen LogP contribution in [0.4, 0.5) is 0 Å². The Morgan fingerprint density at radius 2 is 1.93 bits per heavy atom. The van der Waals surface area contributed by atoms with Gasteiger partial charge < -0.3 is 10.2 Å². The smallest absolute Gasteiger partial charge is 0.272 e. The number of hydrogen-bond donors (Lipinski definition) is 1. The molecule has 2 fully saturated rings. The van der Waals surface area contributed by atoms with Crippen LogP contribution in [-0.4, -0.2) is 46.3 Å². The summed E-state index contributed by atoms with van der Waals surface area (Å²) in [7, 11) is 0. The van der Waals surface area contributed by atoms with Crippen molar-refractivity contribution in [3.05, 3.63) is 47.2 Å². The Morgan fingerprint density at radius 1 is 1.15 bits per heavy atom. The lowest BCUT2D eigenvalue weighted by molar-refractivity contribution is 0.0900. The maximum Gasteiger partial charge on any atom is 0.272 e. The highest BCUT2D eigenvalue weighted by Gasteiger charge is 2.25. The lowest BCUT2D eigenvalue weighted by Crippen LogP contribution is -2.45. The summed E-state index contributed by atoms with van der Waals surface area (Å²) >= 11 is 6.03. The van der Waals surface area contributed by atoms with Crippen molar-refractivity contribution >= 4 is 17.5 Å². The summed E-state index contributed by atoms with van der Waals surface area (Å²) < 4.78 is 1.69. The number of benzene rings is 1. The summed E-state index contributed by atoms with van der Waals surface area (Å²) in [6.45, 7) is 3.40. The number of likely N-dealkylation sites (tertiary alicyclic amines) is 1. The van der Waals surface area contributed by atoms with Gasteiger partial charge in [-0.3, -0.25) is 4.79 Å². The molecule has 1 aliphatic heterocycles. The molecule has 2 aromatic rings. The lowest BCUT2D eigenvalue weighted by Gasteiger charge is -2.33. The Balaban J connectivity index is 1.28. The Bertz CT molecular complexity index is 776. The molecule has 0 radical (unpaired) electrons. The van der Waals surface area contributed by atoms with Gasteiger partial charge in [0.2, 0.25) is 0 Å². The maximum atomic E-state index is 12.6. The van der Waals surface area contributed by atoms with Crippen molar-refractivity contribution < 1.29 is 4.79 Å². The zero-order valence-corrected chi connectivity index (χ0v) is 16.4. The van der Waals surface area contributed by atoms with Crippen molar-refractivity contribution in [2.75, 3.05) is 19.6 Å². The van der Waals surface area contributed by atoms with Crippen molar-refractivity contribution in [1.82, 2.24) is 20.0 Å². The van der Waals surface area contributed by atoms with E-state index >= 15 is 0 Å². The van der Waals surface area contributed by atoms with Crippen molar-refractivity contribution in [3.63, 3.8) is 0 Å². The zero-order valence-electron chi connectivity index (χ0n) is 15.6. The molecule has 4 rings (SSSR count). The molecule has 0 atom stereocenters. The summed E-state index contributed by atoms with van der Waals surface area (Å²) in [6, 6.07) is 9.44. The Kier molecular flexibility index (Phi) is 5.79. The number of nitrogens with zero attached hydrogens (tertiary/aromatic N) is 3. The number of carbonyl (C=O) groups excluding carboxylic acids is 1. The molecule has 6 heteroatoms. The van der Waals surface area contributed by atoms with E-state index in [4.69, 9.17) is 11.6 Å². The van der Waals surface area contributed by atoms with Crippen molar-refractivity contribution in [2.45, 2.75) is 44.6 Å². The van der Waals surface area contributed by atoms with Crippen LogP contribution in [0.1, 0.15) is 49.0 Å². The average Bonchev–Trinajstić information content (AvgIpc) is 3.35. The molecule has 144 valence electrons. The normalized spacial score (nSPS) is 19.4. The highest BCUT2D eigenvalue weighted by molar-refractivity contribution is 6.30. The van der Waals surface area contributed by atoms with E-state index in [0.717, 1.165) is 37.5 Å². The first-order chi connectivity index (χ1) is 13.2. The zero-order chi connectivity index (χ0) is 18.6. The molecule has 2 heterocycles. The fraction of sp³-hybridized carbons (Fsp3) is 0.524. The highest BCUT2D eigenvalue weighted by Crippen LogP contribution is 2.26. The van der Waals surface area contributed by atoms with Gasteiger partial charge in [0.25, 0.3) is 5.91 Å². The Hall–Kier alpha value is -1.85. The molecular formula is C21H27ClN4O. The predicted molar refractivity (Wildman–Crippen MR) is 107 cm³/mol. The van der Waals surface area contributed by atoms with Crippen LogP contribution in [0.2, 0.25) is 5.02 Å². The van der Waals surface area contributed by atoms with Gasteiger partial charge >= 0.3 is 0 Å². The number of carbonyl (C=O) groups is 1. The minimum absolute atomic E-state index is 0.0926. The first-order valence-corrected chi connectivity index (χ1v) is 10.4. The Morgan fingerprint density at radius 3 is 2.67 bits per heavy atom. The number of hydrogen-bond acceptors (Lipinski definition) is 3. The van der Waals surface area contributed by atoms with Crippen LogP contribution >= 0.6 is 11.6 Å². The lowest BCUT2D eigenvalue weighted by atomic mass is 10.0. The van der Waals surface area contributed by atoms with Crippen LogP contribution in [0, 0.1) is 5.92 Å². The first-order valence-electron chi connectivity index (χ1n) is 10.0. The average molecular weight is 387 g/mol. The van der Waals surface area contributed by atoms with Gasteiger partial charge in [0.15, 0.2) is 5.69 Å². The van der Waals surface area contributed by atoms with Gasteiger partial charge in [-0.2, -0.15) is 5.10 Å². The van der Waals surface area contributed by atoms with Gasteiger partial charge in [0, 0.05) is 36.9 Å². The van der Waals surface area contributed by atoms with Crippen LogP contribution in [-0.2, 0) is 0 Å². The van der Waals surface area contributed by atoms with Gasteiger partial charge in [-0.25, -0.2) is 4.68 Å². The molecule has 2 aliphatic rings. The van der Waals surface area contributed by atoms with Crippen LogP contribution in [0.15, 0.2) is 36.5 Å². The van der Waals surface area contributed by atoms with E-state index in [-0.39, 0.29) is 11.9 Å². The van der Waals surface area contributed by atoms with Crippen LogP contribution in [0.25, 0.3) is 5.69 Å². The van der Waals surface area contributed by atoms with Gasteiger partial charge in [-0.15, -0.1) is 0 Å². The minimum Gasteiger partial charge on any atom is -0.348 e. The quantitative estimate of drug-likeness (QED) is 0.847. The number of halogens is 1. The Labute approximate surface area is 165 Å². The maximum absolute atomic E-state index is 12.6. The third-order valence-electron chi connectivity index (χ3n) is 5.81. The highest BCUT2D eigenvalue weighted by atomic mass is 35.5. The second-order valence-electron chi connectivity index (χ2n) is 7.82. The molecule has 5 nitrogen and oxygen atoms in total. The number of rotatable bonds is 5. The van der Waals surface area contributed by atoms with Gasteiger partial charge in [-0.1, -0.05) is 30.5 Å². The predicted octanol–water partition coefficient (Wildman–Crippen LogP) is 3.91. The second-order valence-corrected chi connectivity index (χ2v) is 8.26. The van der Waals surface area contributed by atoms with Crippen LogP contribution < -0.4 is 5.32 Å². The minimum atomic E-state index is -0.0926. The summed E-state index contributed by atoms with van der Waals surface area (Å²) in [6.07, 6.45) is 9.43. The molecule has 1 saturated carbocycles. The molecule has 0 unspecified atom stereocenters. The second kappa shape index (κ2) is 8.44. The van der Waals surface area contributed by atoms with Crippen molar-refractivity contribution in [1.29, 1.82) is 0 Å². The van der Waals surface area contributed by atoms with Crippen LogP contribution in [0.5, 0.6) is 0 Å². The topological polar surface area (TPSA) is 50.2 Å². The molecule has 1 aromatic carbocycles. The van der Waals surface area contributed by atoms with E-state index in [1.165, 1.54) is 32.2 Å². The number of amides is 1. The van der Waals surface area contributed by atoms with E-state index in [2.05, 4.69) is 15.3 Å². The number of nitrogens with one attached hydrogen (secondary N) is 1. The van der Waals surface area contributed by atoms with Gasteiger partial charge in [-0.05, 0) is 55.9 Å². The molecular weight excluding hydrogens is 360 g/mol.